The highest BCUT2D eigenvalue weighted by molar-refractivity contribution is 7.15. The molecule has 2 N–H and O–H groups in total. The summed E-state index contributed by atoms with van der Waals surface area (Å²) in [4.78, 5) is 32.4. The van der Waals surface area contributed by atoms with Crippen LogP contribution in [-0.2, 0) is 29.0 Å². The third-order valence-electron chi connectivity index (χ3n) is 4.42. The average molecular weight is 417 g/mol. The zero-order chi connectivity index (χ0) is 21.0. The molecule has 0 saturated carbocycles. The molecule has 0 fully saturated rings. The highest BCUT2D eigenvalue weighted by Gasteiger charge is 2.24. The number of ether oxygens (including phenoxy) is 1. The smallest absolute Gasteiger partial charge is 0.408 e. The predicted molar refractivity (Wildman–Crippen MR) is 114 cm³/mol. The average Bonchev–Trinajstić information content (AvgIpc) is 3.02. The van der Waals surface area contributed by atoms with E-state index < -0.39 is 17.7 Å². The van der Waals surface area contributed by atoms with Crippen molar-refractivity contribution in [2.24, 2.45) is 0 Å². The Hall–Kier alpha value is -2.45. The number of alkyl carbamates (subject to hydrolysis) is 1. The van der Waals surface area contributed by atoms with Crippen LogP contribution in [0.15, 0.2) is 30.3 Å². The number of hydrogen-bond donors (Lipinski definition) is 2. The van der Waals surface area contributed by atoms with Crippen LogP contribution in [0.25, 0.3) is 0 Å². The third-order valence-corrected chi connectivity index (χ3v) is 5.41. The maximum absolute atomic E-state index is 12.4. The molecular formula is C21H28N4O3S. The Balaban J connectivity index is 1.54. The Bertz CT molecular complexity index is 861. The molecule has 1 aliphatic rings. The highest BCUT2D eigenvalue weighted by Crippen LogP contribution is 2.29. The summed E-state index contributed by atoms with van der Waals surface area (Å²) in [6.45, 7) is 9.61. The van der Waals surface area contributed by atoms with Crippen LogP contribution in [0.4, 0.5) is 9.93 Å². The summed E-state index contributed by atoms with van der Waals surface area (Å²) in [6, 6.07) is 9.67. The van der Waals surface area contributed by atoms with E-state index in [1.54, 1.807) is 27.7 Å². The minimum absolute atomic E-state index is 0.317. The normalized spacial score (nSPS) is 15.3. The number of benzene rings is 1. The number of thiazole rings is 1. The Morgan fingerprint density at radius 1 is 1.28 bits per heavy atom. The molecule has 0 saturated heterocycles. The van der Waals surface area contributed by atoms with E-state index in [4.69, 9.17) is 4.74 Å². The van der Waals surface area contributed by atoms with Crippen molar-refractivity contribution in [2.45, 2.75) is 58.8 Å². The minimum atomic E-state index is -0.722. The van der Waals surface area contributed by atoms with Gasteiger partial charge in [-0.05, 0) is 33.3 Å². The van der Waals surface area contributed by atoms with Crippen LogP contribution in [0.5, 0.6) is 0 Å². The van der Waals surface area contributed by atoms with Crippen LogP contribution >= 0.6 is 11.3 Å². The number of carbonyl (C=O) groups is 2. The van der Waals surface area contributed by atoms with Crippen molar-refractivity contribution in [1.29, 1.82) is 0 Å². The fourth-order valence-corrected chi connectivity index (χ4v) is 4.10. The zero-order valence-corrected chi connectivity index (χ0v) is 18.1. The monoisotopic (exact) mass is 416 g/mol. The molecule has 0 radical (unpaired) electrons. The van der Waals surface area contributed by atoms with Crippen molar-refractivity contribution < 1.29 is 14.3 Å². The van der Waals surface area contributed by atoms with Gasteiger partial charge >= 0.3 is 6.09 Å². The van der Waals surface area contributed by atoms with Crippen LogP contribution in [0.2, 0.25) is 0 Å². The molecule has 1 aliphatic heterocycles. The van der Waals surface area contributed by atoms with Gasteiger partial charge in [0.25, 0.3) is 0 Å². The molecule has 0 aliphatic carbocycles. The highest BCUT2D eigenvalue weighted by atomic mass is 32.1. The van der Waals surface area contributed by atoms with Gasteiger partial charge in [0, 0.05) is 30.9 Å². The van der Waals surface area contributed by atoms with Gasteiger partial charge in [-0.2, -0.15) is 0 Å². The van der Waals surface area contributed by atoms with Crippen molar-refractivity contribution in [1.82, 2.24) is 15.2 Å². The second-order valence-electron chi connectivity index (χ2n) is 8.19. The van der Waals surface area contributed by atoms with Crippen LogP contribution in [0.1, 0.15) is 43.8 Å². The molecule has 2 aromatic rings. The quantitative estimate of drug-likeness (QED) is 0.779. The summed E-state index contributed by atoms with van der Waals surface area (Å²) in [7, 11) is 0. The van der Waals surface area contributed by atoms with Crippen molar-refractivity contribution >= 4 is 28.5 Å². The molecule has 156 valence electrons. The van der Waals surface area contributed by atoms with Crippen LogP contribution in [-0.4, -0.2) is 40.1 Å². The first-order chi connectivity index (χ1) is 13.7. The Morgan fingerprint density at radius 2 is 2.00 bits per heavy atom. The van der Waals surface area contributed by atoms with E-state index in [0.29, 0.717) is 5.13 Å². The van der Waals surface area contributed by atoms with Crippen molar-refractivity contribution in [2.75, 3.05) is 11.9 Å². The molecular weight excluding hydrogens is 388 g/mol. The topological polar surface area (TPSA) is 83.6 Å². The molecule has 7 nitrogen and oxygen atoms in total. The van der Waals surface area contributed by atoms with Gasteiger partial charge in [0.15, 0.2) is 5.13 Å². The van der Waals surface area contributed by atoms with Gasteiger partial charge in [-0.15, -0.1) is 11.3 Å². The first kappa shape index (κ1) is 21.3. The lowest BCUT2D eigenvalue weighted by atomic mass is 10.1. The molecule has 2 heterocycles. The maximum Gasteiger partial charge on any atom is 0.408 e. The van der Waals surface area contributed by atoms with Gasteiger partial charge in [0.05, 0.1) is 5.69 Å². The summed E-state index contributed by atoms with van der Waals surface area (Å²) in [5, 5.41) is 5.93. The molecule has 1 aromatic carbocycles. The number of carbonyl (C=O) groups excluding carboxylic acids is 2. The summed E-state index contributed by atoms with van der Waals surface area (Å²) in [6.07, 6.45) is 0.246. The van der Waals surface area contributed by atoms with Crippen molar-refractivity contribution in [3.63, 3.8) is 0 Å². The summed E-state index contributed by atoms with van der Waals surface area (Å²) >= 11 is 1.50. The molecule has 29 heavy (non-hydrogen) atoms. The number of hydrogen-bond acceptors (Lipinski definition) is 6. The fraction of sp³-hybridized carbons (Fsp3) is 0.476. The largest absolute Gasteiger partial charge is 0.444 e. The first-order valence-corrected chi connectivity index (χ1v) is 10.6. The number of rotatable bonds is 5. The van der Waals surface area contributed by atoms with E-state index in [-0.39, 0.29) is 5.91 Å². The van der Waals surface area contributed by atoms with E-state index >= 15 is 0 Å². The lowest BCUT2D eigenvalue weighted by Gasteiger charge is -2.25. The number of anilines is 1. The number of nitrogens with zero attached hydrogens (tertiary/aromatic N) is 2. The van der Waals surface area contributed by atoms with E-state index in [2.05, 4.69) is 44.8 Å². The lowest BCUT2D eigenvalue weighted by molar-refractivity contribution is -0.117. The number of nitrogens with one attached hydrogen (secondary N) is 2. The van der Waals surface area contributed by atoms with Gasteiger partial charge in [-0.3, -0.25) is 9.69 Å². The molecule has 1 aromatic heterocycles. The number of aromatic nitrogens is 1. The molecule has 1 atom stereocenters. The Morgan fingerprint density at radius 3 is 2.69 bits per heavy atom. The molecule has 8 heteroatoms. The van der Waals surface area contributed by atoms with Gasteiger partial charge in [-0.1, -0.05) is 30.3 Å². The van der Waals surface area contributed by atoms with Crippen molar-refractivity contribution in [3.05, 3.63) is 46.5 Å². The van der Waals surface area contributed by atoms with Crippen LogP contribution in [0, 0.1) is 0 Å². The first-order valence-electron chi connectivity index (χ1n) is 9.75. The second-order valence-corrected chi connectivity index (χ2v) is 9.28. The molecule has 0 spiro atoms. The van der Waals surface area contributed by atoms with Crippen molar-refractivity contribution in [3.8, 4) is 0 Å². The SMILES string of the molecule is CC(NC(=O)OC(C)(C)C)C(=O)Nc1nc2c(s1)CN(Cc1ccccc1)CC2. The van der Waals surface area contributed by atoms with E-state index in [0.717, 1.165) is 31.7 Å². The van der Waals surface area contributed by atoms with Crippen LogP contribution in [0.3, 0.4) is 0 Å². The second kappa shape index (κ2) is 8.92. The Kier molecular flexibility index (Phi) is 6.54. The summed E-state index contributed by atoms with van der Waals surface area (Å²) in [5.41, 5.74) is 1.72. The predicted octanol–water partition coefficient (Wildman–Crippen LogP) is 3.55. The van der Waals surface area contributed by atoms with Crippen LogP contribution < -0.4 is 10.6 Å². The lowest BCUT2D eigenvalue weighted by Crippen LogP contribution is -2.43. The maximum atomic E-state index is 12.4. The molecule has 0 bridgehead atoms. The third kappa shape index (κ3) is 6.27. The van der Waals surface area contributed by atoms with E-state index in [1.807, 2.05) is 6.07 Å². The molecule has 2 amide bonds. The Labute approximate surface area is 175 Å². The molecule has 3 rings (SSSR count). The van der Waals surface area contributed by atoms with E-state index in [1.165, 1.54) is 21.8 Å². The minimum Gasteiger partial charge on any atom is -0.444 e. The summed E-state index contributed by atoms with van der Waals surface area (Å²) in [5.74, 6) is -0.317. The fourth-order valence-electron chi connectivity index (χ4n) is 3.04. The standard InChI is InChI=1S/C21H28N4O3S/c1-14(22-20(27)28-21(2,3)4)18(26)24-19-23-16-10-11-25(13-17(16)29-19)12-15-8-6-5-7-9-15/h5-9,14H,10-13H2,1-4H3,(H,22,27)(H,23,24,26). The number of amides is 2. The van der Waals surface area contributed by atoms with Gasteiger partial charge in [0.2, 0.25) is 5.91 Å². The van der Waals surface area contributed by atoms with Gasteiger partial charge < -0.3 is 15.4 Å². The van der Waals surface area contributed by atoms with Gasteiger partial charge in [0.1, 0.15) is 11.6 Å². The zero-order valence-electron chi connectivity index (χ0n) is 17.3. The van der Waals surface area contributed by atoms with Gasteiger partial charge in [-0.25, -0.2) is 9.78 Å². The number of fused-ring (bicyclic) bond motifs is 1. The summed E-state index contributed by atoms with van der Waals surface area (Å²) < 4.78 is 5.19. The molecule has 1 unspecified atom stereocenters. The van der Waals surface area contributed by atoms with E-state index in [9.17, 15) is 9.59 Å².